The number of amides is 1. The lowest BCUT2D eigenvalue weighted by Gasteiger charge is -2.16. The lowest BCUT2D eigenvalue weighted by molar-refractivity contribution is -0.115. The van der Waals surface area contributed by atoms with Crippen molar-refractivity contribution in [2.75, 3.05) is 5.32 Å². The molecule has 0 saturated heterocycles. The molecule has 1 aromatic heterocycles. The first-order valence-corrected chi connectivity index (χ1v) is 8.68. The molecule has 1 aliphatic rings. The number of hydrogen-bond acceptors (Lipinski definition) is 3. The van der Waals surface area contributed by atoms with Crippen LogP contribution in [0.2, 0.25) is 0 Å². The van der Waals surface area contributed by atoms with E-state index in [9.17, 15) is 4.79 Å². The molecule has 1 N–H and O–H groups in total. The van der Waals surface area contributed by atoms with Crippen molar-refractivity contribution >= 4 is 23.5 Å². The highest BCUT2D eigenvalue weighted by Gasteiger charge is 2.22. The fourth-order valence-corrected chi connectivity index (χ4v) is 3.73. The summed E-state index contributed by atoms with van der Waals surface area (Å²) in [5.74, 6) is 0.839. The van der Waals surface area contributed by atoms with Crippen molar-refractivity contribution in [2.24, 2.45) is 0 Å². The Morgan fingerprint density at radius 3 is 2.73 bits per heavy atom. The average molecular weight is 315 g/mol. The predicted octanol–water partition coefficient (Wildman–Crippen LogP) is 4.12. The van der Waals surface area contributed by atoms with Gasteiger partial charge in [0, 0.05) is 11.0 Å². The van der Waals surface area contributed by atoms with Crippen LogP contribution in [0.15, 0.2) is 47.5 Å². The van der Waals surface area contributed by atoms with Gasteiger partial charge in [0.25, 0.3) is 0 Å². The third kappa shape index (κ3) is 3.53. The smallest absolute Gasteiger partial charge is 0.238 e. The fourth-order valence-electron chi connectivity index (χ4n) is 2.84. The predicted molar refractivity (Wildman–Crippen MR) is 90.1 cm³/mol. The van der Waals surface area contributed by atoms with Crippen molar-refractivity contribution in [3.63, 3.8) is 0 Å². The van der Waals surface area contributed by atoms with Crippen molar-refractivity contribution in [1.82, 2.24) is 9.78 Å². The van der Waals surface area contributed by atoms with Crippen LogP contribution in [0.3, 0.4) is 0 Å². The minimum Gasteiger partial charge on any atom is -0.310 e. The maximum absolute atomic E-state index is 12.4. The molecule has 0 radical (unpaired) electrons. The number of anilines is 1. The third-order valence-electron chi connectivity index (χ3n) is 4.02. The van der Waals surface area contributed by atoms with Gasteiger partial charge in [-0.1, -0.05) is 31.0 Å². The summed E-state index contributed by atoms with van der Waals surface area (Å²) in [4.78, 5) is 13.5. The Morgan fingerprint density at radius 2 is 2.00 bits per heavy atom. The molecule has 4 nitrogen and oxygen atoms in total. The van der Waals surface area contributed by atoms with Crippen molar-refractivity contribution in [3.8, 4) is 0 Å². The van der Waals surface area contributed by atoms with Crippen LogP contribution in [-0.2, 0) is 4.79 Å². The van der Waals surface area contributed by atoms with Crippen LogP contribution in [0.1, 0.15) is 38.6 Å². The molecule has 5 heteroatoms. The average Bonchev–Trinajstić information content (AvgIpc) is 3.18. The fraction of sp³-hybridized carbons (Fsp3) is 0.412. The van der Waals surface area contributed by atoms with Gasteiger partial charge in [0.05, 0.1) is 17.5 Å². The molecule has 1 heterocycles. The Bertz CT molecular complexity index is 620. The SMILES string of the molecule is CC(Sc1ccccc1)C(=O)Nc1ccnn1C1CCCC1. The van der Waals surface area contributed by atoms with E-state index in [2.05, 4.69) is 10.4 Å². The van der Waals surface area contributed by atoms with E-state index in [-0.39, 0.29) is 11.2 Å². The van der Waals surface area contributed by atoms with Gasteiger partial charge >= 0.3 is 0 Å². The molecule has 0 aliphatic heterocycles. The van der Waals surface area contributed by atoms with E-state index in [4.69, 9.17) is 0 Å². The molecule has 1 aliphatic carbocycles. The molecule has 0 spiro atoms. The van der Waals surface area contributed by atoms with Gasteiger partial charge in [-0.3, -0.25) is 4.79 Å². The van der Waals surface area contributed by atoms with Gasteiger partial charge in [0.1, 0.15) is 5.82 Å². The van der Waals surface area contributed by atoms with Crippen LogP contribution < -0.4 is 5.32 Å². The van der Waals surface area contributed by atoms with Crippen molar-refractivity contribution in [1.29, 1.82) is 0 Å². The lowest BCUT2D eigenvalue weighted by atomic mass is 10.2. The molecule has 116 valence electrons. The molecule has 2 aromatic rings. The summed E-state index contributed by atoms with van der Waals surface area (Å²) < 4.78 is 1.98. The molecule has 1 amide bonds. The van der Waals surface area contributed by atoms with Gasteiger partial charge in [-0.05, 0) is 31.9 Å². The quantitative estimate of drug-likeness (QED) is 0.844. The number of nitrogens with one attached hydrogen (secondary N) is 1. The number of nitrogens with zero attached hydrogens (tertiary/aromatic N) is 2. The van der Waals surface area contributed by atoms with E-state index < -0.39 is 0 Å². The van der Waals surface area contributed by atoms with Crippen molar-refractivity contribution in [3.05, 3.63) is 42.6 Å². The van der Waals surface area contributed by atoms with Crippen LogP contribution in [0.25, 0.3) is 0 Å². The molecule has 3 rings (SSSR count). The van der Waals surface area contributed by atoms with Gasteiger partial charge in [-0.15, -0.1) is 11.8 Å². The summed E-state index contributed by atoms with van der Waals surface area (Å²) in [7, 11) is 0. The van der Waals surface area contributed by atoms with Gasteiger partial charge in [-0.25, -0.2) is 4.68 Å². The normalized spacial score (nSPS) is 16.6. The molecule has 1 aromatic carbocycles. The third-order valence-corrected chi connectivity index (χ3v) is 5.13. The summed E-state index contributed by atoms with van der Waals surface area (Å²) in [5.41, 5.74) is 0. The molecule has 22 heavy (non-hydrogen) atoms. The van der Waals surface area contributed by atoms with E-state index in [0.717, 1.165) is 23.6 Å². The zero-order chi connectivity index (χ0) is 15.4. The number of benzene rings is 1. The highest BCUT2D eigenvalue weighted by atomic mass is 32.2. The summed E-state index contributed by atoms with van der Waals surface area (Å²) >= 11 is 1.57. The number of rotatable bonds is 5. The summed E-state index contributed by atoms with van der Waals surface area (Å²) in [6.45, 7) is 1.93. The highest BCUT2D eigenvalue weighted by Crippen LogP contribution is 2.31. The molecule has 1 fully saturated rings. The first-order chi connectivity index (χ1) is 10.7. The van der Waals surface area contributed by atoms with Crippen molar-refractivity contribution in [2.45, 2.75) is 48.8 Å². The Hall–Kier alpha value is -1.75. The molecular weight excluding hydrogens is 294 g/mol. The number of aromatic nitrogens is 2. The highest BCUT2D eigenvalue weighted by molar-refractivity contribution is 8.00. The minimum absolute atomic E-state index is 0.0219. The second-order valence-electron chi connectivity index (χ2n) is 5.66. The Labute approximate surface area is 135 Å². The maximum Gasteiger partial charge on any atom is 0.238 e. The number of carbonyl (C=O) groups is 1. The van der Waals surface area contributed by atoms with E-state index in [1.807, 2.05) is 48.0 Å². The summed E-state index contributed by atoms with van der Waals surface area (Å²) in [6, 6.07) is 12.3. The van der Waals surface area contributed by atoms with E-state index in [1.165, 1.54) is 12.8 Å². The maximum atomic E-state index is 12.4. The molecule has 0 bridgehead atoms. The number of hydrogen-bond donors (Lipinski definition) is 1. The van der Waals surface area contributed by atoms with Crippen LogP contribution in [0.5, 0.6) is 0 Å². The van der Waals surface area contributed by atoms with E-state index in [0.29, 0.717) is 6.04 Å². The topological polar surface area (TPSA) is 46.9 Å². The Kier molecular flexibility index (Phi) is 4.83. The van der Waals surface area contributed by atoms with Crippen LogP contribution >= 0.6 is 11.8 Å². The van der Waals surface area contributed by atoms with Crippen LogP contribution in [0.4, 0.5) is 5.82 Å². The van der Waals surface area contributed by atoms with E-state index >= 15 is 0 Å². The zero-order valence-electron chi connectivity index (χ0n) is 12.7. The zero-order valence-corrected chi connectivity index (χ0v) is 13.6. The Balaban J connectivity index is 1.63. The second kappa shape index (κ2) is 7.01. The van der Waals surface area contributed by atoms with E-state index in [1.54, 1.807) is 18.0 Å². The lowest BCUT2D eigenvalue weighted by Crippen LogP contribution is -2.24. The number of thioether (sulfide) groups is 1. The standard InChI is InChI=1S/C17H21N3OS/c1-13(22-15-9-3-2-4-10-15)17(21)19-16-11-12-18-20(16)14-7-5-6-8-14/h2-4,9-14H,5-8H2,1H3,(H,19,21). The minimum atomic E-state index is -0.144. The monoisotopic (exact) mass is 315 g/mol. The van der Waals surface area contributed by atoms with Crippen LogP contribution in [0, 0.1) is 0 Å². The first-order valence-electron chi connectivity index (χ1n) is 7.80. The molecule has 1 saturated carbocycles. The van der Waals surface area contributed by atoms with Gasteiger partial charge in [-0.2, -0.15) is 5.10 Å². The Morgan fingerprint density at radius 1 is 1.27 bits per heavy atom. The van der Waals surface area contributed by atoms with Crippen molar-refractivity contribution < 1.29 is 4.79 Å². The van der Waals surface area contributed by atoms with Crippen LogP contribution in [-0.4, -0.2) is 20.9 Å². The van der Waals surface area contributed by atoms with Gasteiger partial charge in [0.2, 0.25) is 5.91 Å². The number of carbonyl (C=O) groups excluding carboxylic acids is 1. The molecular formula is C17H21N3OS. The second-order valence-corrected chi connectivity index (χ2v) is 7.08. The summed E-state index contributed by atoms with van der Waals surface area (Å²) in [6.07, 6.45) is 6.57. The van der Waals surface area contributed by atoms with Gasteiger partial charge in [0.15, 0.2) is 0 Å². The molecule has 1 unspecified atom stereocenters. The largest absolute Gasteiger partial charge is 0.310 e. The summed E-state index contributed by atoms with van der Waals surface area (Å²) in [5, 5.41) is 7.27. The molecule has 1 atom stereocenters. The van der Waals surface area contributed by atoms with Gasteiger partial charge < -0.3 is 5.32 Å². The first kappa shape index (κ1) is 15.2.